The number of aromatic amines is 1. The molecule has 6 rings (SSSR count). The van der Waals surface area contributed by atoms with Crippen LogP contribution in [0.1, 0.15) is 31.6 Å². The number of aliphatic imine (C=N–C) groups is 1. The van der Waals surface area contributed by atoms with Gasteiger partial charge in [0.05, 0.1) is 24.1 Å². The zero-order valence-electron chi connectivity index (χ0n) is 19.3. The van der Waals surface area contributed by atoms with E-state index in [9.17, 15) is 5.11 Å². The lowest BCUT2D eigenvalue weighted by Crippen LogP contribution is -2.47. The Morgan fingerprint density at radius 1 is 1.25 bits per heavy atom. The van der Waals surface area contributed by atoms with Gasteiger partial charge in [0.1, 0.15) is 11.4 Å². The fourth-order valence-electron chi connectivity index (χ4n) is 3.96. The highest BCUT2D eigenvalue weighted by Gasteiger charge is 2.30. The minimum absolute atomic E-state index is 0.0224. The van der Waals surface area contributed by atoms with Crippen molar-refractivity contribution in [2.45, 2.75) is 25.7 Å². The normalized spacial score (nSPS) is 19.7. The van der Waals surface area contributed by atoms with E-state index < -0.39 is 17.4 Å². The van der Waals surface area contributed by atoms with Crippen LogP contribution >= 0.6 is 0 Å². The lowest BCUT2D eigenvalue weighted by Gasteiger charge is -2.31. The van der Waals surface area contributed by atoms with Crippen molar-refractivity contribution in [3.8, 4) is 23.0 Å². The van der Waals surface area contributed by atoms with E-state index in [4.69, 9.17) is 9.15 Å². The van der Waals surface area contributed by atoms with Crippen molar-refractivity contribution >= 4 is 22.7 Å². The fourth-order valence-corrected chi connectivity index (χ4v) is 3.96. The van der Waals surface area contributed by atoms with Crippen molar-refractivity contribution in [2.75, 3.05) is 25.0 Å². The first-order valence-corrected chi connectivity index (χ1v) is 11.6. The van der Waals surface area contributed by atoms with Crippen molar-refractivity contribution in [1.29, 1.82) is 0 Å². The predicted octanol–water partition coefficient (Wildman–Crippen LogP) is 3.93. The van der Waals surface area contributed by atoms with E-state index >= 15 is 8.78 Å². The Labute approximate surface area is 203 Å². The van der Waals surface area contributed by atoms with Crippen LogP contribution < -0.4 is 15.4 Å². The lowest BCUT2D eigenvalue weighted by molar-refractivity contribution is 0.148. The summed E-state index contributed by atoms with van der Waals surface area (Å²) in [7, 11) is 0. The summed E-state index contributed by atoms with van der Waals surface area (Å²) in [6, 6.07) is 3.76. The molecule has 4 aromatic rings. The number of hydrogen-bond acceptors (Lipinski definition) is 9. The molecule has 36 heavy (non-hydrogen) atoms. The van der Waals surface area contributed by atoms with Crippen LogP contribution in [0.4, 0.5) is 14.5 Å². The highest BCUT2D eigenvalue weighted by atomic mass is 19.1. The molecule has 1 atom stereocenters. The van der Waals surface area contributed by atoms with Crippen LogP contribution in [-0.4, -0.2) is 50.9 Å². The standard InChI is InChI=1S/C24H23F2N7O3/c1-24(11-34)9-29-23(30-10-24)31-13-6-15(25)19(16(26)7-13)35-17-4-5-27-20-18(17)14(8-28-20)22-33-32-21(36-22)12-2-3-12/h4-8,12,34H,2-3,9-11H2,1H3,(H,27,28)(H2,29,30,31). The predicted molar refractivity (Wildman–Crippen MR) is 127 cm³/mol. The maximum absolute atomic E-state index is 15.0. The molecule has 0 saturated heterocycles. The molecule has 0 radical (unpaired) electrons. The first-order chi connectivity index (χ1) is 17.4. The quantitative estimate of drug-likeness (QED) is 0.316. The van der Waals surface area contributed by atoms with Gasteiger partial charge in [-0.1, -0.05) is 6.92 Å². The Kier molecular flexibility index (Phi) is 5.32. The van der Waals surface area contributed by atoms with E-state index in [2.05, 4.69) is 35.8 Å². The maximum Gasteiger partial charge on any atom is 0.250 e. The zero-order valence-corrected chi connectivity index (χ0v) is 19.3. The van der Waals surface area contributed by atoms with Crippen molar-refractivity contribution in [3.05, 3.63) is 48.1 Å². The summed E-state index contributed by atoms with van der Waals surface area (Å²) in [5.41, 5.74) is 0.760. The molecular weight excluding hydrogens is 472 g/mol. The number of aliphatic hydroxyl groups is 1. The summed E-state index contributed by atoms with van der Waals surface area (Å²) in [6.45, 7) is 2.72. The number of pyridine rings is 1. The Hall–Kier alpha value is -4.06. The number of guanidine groups is 1. The molecule has 4 N–H and O–H groups in total. The molecule has 186 valence electrons. The number of nitrogens with zero attached hydrogens (tertiary/aromatic N) is 4. The van der Waals surface area contributed by atoms with E-state index in [0.29, 0.717) is 41.5 Å². The van der Waals surface area contributed by atoms with E-state index in [1.54, 1.807) is 6.20 Å². The summed E-state index contributed by atoms with van der Waals surface area (Å²) >= 11 is 0. The number of H-pyrrole nitrogens is 1. The highest BCUT2D eigenvalue weighted by Crippen LogP contribution is 2.42. The minimum atomic E-state index is -0.898. The summed E-state index contributed by atoms with van der Waals surface area (Å²) in [5, 5.41) is 24.0. The number of rotatable bonds is 6. The van der Waals surface area contributed by atoms with E-state index in [-0.39, 0.29) is 35.3 Å². The summed E-state index contributed by atoms with van der Waals surface area (Å²) in [5.74, 6) is -0.669. The molecule has 0 spiro atoms. The number of anilines is 1. The third-order valence-corrected chi connectivity index (χ3v) is 6.29. The van der Waals surface area contributed by atoms with Gasteiger partial charge in [-0.2, -0.15) is 0 Å². The van der Waals surface area contributed by atoms with Gasteiger partial charge in [-0.3, -0.25) is 4.99 Å². The van der Waals surface area contributed by atoms with E-state index in [1.807, 2.05) is 6.92 Å². The average Bonchev–Trinajstić information content (AvgIpc) is 3.44. The van der Waals surface area contributed by atoms with Gasteiger partial charge in [0.15, 0.2) is 23.3 Å². The number of benzene rings is 1. The molecule has 1 fully saturated rings. The van der Waals surface area contributed by atoms with Crippen LogP contribution in [0.3, 0.4) is 0 Å². The largest absolute Gasteiger partial charge is 0.450 e. The second-order valence-electron chi connectivity index (χ2n) is 9.44. The third-order valence-electron chi connectivity index (χ3n) is 6.29. The molecule has 0 bridgehead atoms. The topological polar surface area (TPSA) is 133 Å². The molecule has 10 nitrogen and oxygen atoms in total. The number of hydrogen-bond donors (Lipinski definition) is 4. The van der Waals surface area contributed by atoms with Crippen LogP contribution in [0.2, 0.25) is 0 Å². The monoisotopic (exact) mass is 495 g/mol. The molecule has 2 aliphatic rings. The molecule has 1 aromatic carbocycles. The van der Waals surface area contributed by atoms with Gasteiger partial charge in [0.2, 0.25) is 11.8 Å². The summed E-state index contributed by atoms with van der Waals surface area (Å²) in [4.78, 5) is 11.6. The van der Waals surface area contributed by atoms with Gasteiger partial charge >= 0.3 is 0 Å². The SMILES string of the molecule is CC1(CO)CN=C(Nc2cc(F)c(Oc3ccnc4[nH]cc(-c5nnc(C6CC6)o5)c34)c(F)c2)NC1. The Morgan fingerprint density at radius 3 is 2.75 bits per heavy atom. The average molecular weight is 495 g/mol. The summed E-state index contributed by atoms with van der Waals surface area (Å²) < 4.78 is 41.6. The van der Waals surface area contributed by atoms with Gasteiger partial charge < -0.3 is 29.9 Å². The molecule has 12 heteroatoms. The first-order valence-electron chi connectivity index (χ1n) is 11.6. The van der Waals surface area contributed by atoms with Gasteiger partial charge in [0.25, 0.3) is 0 Å². The zero-order chi connectivity index (χ0) is 24.9. The van der Waals surface area contributed by atoms with Crippen molar-refractivity contribution < 1.29 is 23.0 Å². The number of aliphatic hydroxyl groups excluding tert-OH is 1. The van der Waals surface area contributed by atoms with E-state index in [0.717, 1.165) is 25.0 Å². The smallest absolute Gasteiger partial charge is 0.250 e. The van der Waals surface area contributed by atoms with Crippen LogP contribution in [-0.2, 0) is 0 Å². The molecule has 0 amide bonds. The van der Waals surface area contributed by atoms with Gasteiger partial charge in [0, 0.05) is 48.1 Å². The Bertz CT molecular complexity index is 1460. The van der Waals surface area contributed by atoms with E-state index in [1.165, 1.54) is 12.3 Å². The third kappa shape index (κ3) is 4.13. The summed E-state index contributed by atoms with van der Waals surface area (Å²) in [6.07, 6.45) is 5.15. The molecule has 4 heterocycles. The van der Waals surface area contributed by atoms with Crippen LogP contribution in [0.5, 0.6) is 11.5 Å². The Balaban J connectivity index is 1.28. The first kappa shape index (κ1) is 22.4. The van der Waals surface area contributed by atoms with Crippen LogP contribution in [0.15, 0.2) is 40.0 Å². The lowest BCUT2D eigenvalue weighted by atomic mass is 9.91. The van der Waals surface area contributed by atoms with Crippen molar-refractivity contribution in [3.63, 3.8) is 0 Å². The molecule has 1 unspecified atom stereocenters. The number of ether oxygens (including phenoxy) is 1. The second-order valence-corrected chi connectivity index (χ2v) is 9.44. The molecule has 1 aliphatic carbocycles. The van der Waals surface area contributed by atoms with Crippen LogP contribution in [0.25, 0.3) is 22.5 Å². The fraction of sp³-hybridized carbons (Fsp3) is 0.333. The minimum Gasteiger partial charge on any atom is -0.450 e. The number of nitrogens with one attached hydrogen (secondary N) is 3. The second kappa shape index (κ2) is 8.55. The number of halogens is 2. The van der Waals surface area contributed by atoms with Gasteiger partial charge in [-0.05, 0) is 18.9 Å². The molecule has 3 aromatic heterocycles. The molecule has 1 aliphatic heterocycles. The van der Waals surface area contributed by atoms with Gasteiger partial charge in [-0.15, -0.1) is 10.2 Å². The molecular formula is C24H23F2N7O3. The van der Waals surface area contributed by atoms with Crippen LogP contribution in [0, 0.1) is 17.0 Å². The molecule has 1 saturated carbocycles. The number of fused-ring (bicyclic) bond motifs is 1. The maximum atomic E-state index is 15.0. The van der Waals surface area contributed by atoms with Gasteiger partial charge in [-0.25, -0.2) is 13.8 Å². The Morgan fingerprint density at radius 2 is 2.06 bits per heavy atom. The number of aromatic nitrogens is 4. The van der Waals surface area contributed by atoms with Crippen molar-refractivity contribution in [2.24, 2.45) is 10.4 Å². The van der Waals surface area contributed by atoms with Crippen molar-refractivity contribution in [1.82, 2.24) is 25.5 Å². The highest BCUT2D eigenvalue weighted by molar-refractivity contribution is 5.96.